The summed E-state index contributed by atoms with van der Waals surface area (Å²) in [5, 5.41) is 10.1. The van der Waals surface area contributed by atoms with Gasteiger partial charge in [-0.3, -0.25) is 14.2 Å². The van der Waals surface area contributed by atoms with Gasteiger partial charge in [0.2, 0.25) is 0 Å². The number of aryl methyl sites for hydroxylation is 1. The zero-order chi connectivity index (χ0) is 19.2. The van der Waals surface area contributed by atoms with Crippen molar-refractivity contribution in [3.63, 3.8) is 0 Å². The number of halogens is 3. The molecule has 9 heteroatoms. The van der Waals surface area contributed by atoms with E-state index in [0.29, 0.717) is 20.2 Å². The number of carboxylic acids is 1. The van der Waals surface area contributed by atoms with Gasteiger partial charge in [-0.25, -0.2) is 9.36 Å². The molecule has 3 aromatic rings. The van der Waals surface area contributed by atoms with Crippen LogP contribution in [0.3, 0.4) is 0 Å². The summed E-state index contributed by atoms with van der Waals surface area (Å²) in [6, 6.07) is 7.58. The van der Waals surface area contributed by atoms with E-state index in [-0.39, 0.29) is 21.6 Å². The minimum absolute atomic E-state index is 0.143. The largest absolute Gasteiger partial charge is 0.480 e. The van der Waals surface area contributed by atoms with Crippen LogP contribution in [0.2, 0.25) is 15.1 Å². The summed E-state index contributed by atoms with van der Waals surface area (Å²) in [4.78, 5) is 36.8. The summed E-state index contributed by atoms with van der Waals surface area (Å²) < 4.78 is 1.82. The Morgan fingerprint density at radius 3 is 2.38 bits per heavy atom. The summed E-state index contributed by atoms with van der Waals surface area (Å²) in [6.45, 7) is 0.834. The summed E-state index contributed by atoms with van der Waals surface area (Å²) in [6.07, 6.45) is 0. The maximum absolute atomic E-state index is 12.9. The van der Waals surface area contributed by atoms with Crippen LogP contribution in [0.4, 0.5) is 0 Å². The molecule has 0 radical (unpaired) electrons. The average Bonchev–Trinajstić information content (AvgIpc) is 2.56. The van der Waals surface area contributed by atoms with Crippen LogP contribution in [0.25, 0.3) is 16.6 Å². The van der Waals surface area contributed by atoms with E-state index < -0.39 is 23.8 Å². The molecule has 1 aromatic heterocycles. The number of aromatic nitrogens is 2. The van der Waals surface area contributed by atoms with Gasteiger partial charge >= 0.3 is 11.7 Å². The summed E-state index contributed by atoms with van der Waals surface area (Å²) in [5.41, 5.74) is -0.573. The van der Waals surface area contributed by atoms with Crippen LogP contribution in [-0.2, 0) is 11.3 Å². The lowest BCUT2D eigenvalue weighted by molar-refractivity contribution is -0.137. The molecule has 0 fully saturated rings. The molecule has 0 amide bonds. The topological polar surface area (TPSA) is 81.3 Å². The van der Waals surface area contributed by atoms with E-state index in [9.17, 15) is 14.4 Å². The molecule has 6 nitrogen and oxygen atoms in total. The molecule has 1 N–H and O–H groups in total. The van der Waals surface area contributed by atoms with Crippen LogP contribution >= 0.6 is 34.8 Å². The van der Waals surface area contributed by atoms with Gasteiger partial charge in [-0.1, -0.05) is 34.8 Å². The molecule has 0 atom stereocenters. The van der Waals surface area contributed by atoms with Crippen molar-refractivity contribution < 1.29 is 9.90 Å². The van der Waals surface area contributed by atoms with Gasteiger partial charge in [0.15, 0.2) is 0 Å². The van der Waals surface area contributed by atoms with Crippen LogP contribution in [-0.4, -0.2) is 20.2 Å². The van der Waals surface area contributed by atoms with Crippen molar-refractivity contribution in [3.05, 3.63) is 71.8 Å². The predicted molar refractivity (Wildman–Crippen MR) is 101 cm³/mol. The van der Waals surface area contributed by atoms with E-state index in [2.05, 4.69) is 0 Å². The molecule has 2 aromatic carbocycles. The Labute approximate surface area is 161 Å². The summed E-state index contributed by atoms with van der Waals surface area (Å²) in [5.74, 6) is -1.32. The smallest absolute Gasteiger partial charge is 0.336 e. The van der Waals surface area contributed by atoms with Gasteiger partial charge in [0.25, 0.3) is 5.56 Å². The van der Waals surface area contributed by atoms with Gasteiger partial charge in [0.05, 0.1) is 21.6 Å². The Hall–Kier alpha value is -2.28. The van der Waals surface area contributed by atoms with Crippen molar-refractivity contribution >= 4 is 51.7 Å². The summed E-state index contributed by atoms with van der Waals surface area (Å²) >= 11 is 18.3. The fourth-order valence-electron chi connectivity index (χ4n) is 2.74. The third kappa shape index (κ3) is 3.00. The number of nitrogens with zero attached hydrogens (tertiary/aromatic N) is 2. The lowest BCUT2D eigenvalue weighted by Crippen LogP contribution is -2.41. The number of hydrogen-bond acceptors (Lipinski definition) is 3. The monoisotopic (exact) mass is 412 g/mol. The SMILES string of the molecule is Cc1c(Cl)ccc2c1c(=O)n(CC(=O)O)c(=O)n2-c1ccc(Cl)cc1Cl. The zero-order valence-electron chi connectivity index (χ0n) is 13.3. The third-order valence-electron chi connectivity index (χ3n) is 3.94. The number of carboxylic acid groups (broad SMARTS) is 1. The van der Waals surface area contributed by atoms with Crippen LogP contribution in [0, 0.1) is 6.92 Å². The lowest BCUT2D eigenvalue weighted by atomic mass is 10.1. The van der Waals surface area contributed by atoms with E-state index >= 15 is 0 Å². The highest BCUT2D eigenvalue weighted by atomic mass is 35.5. The second-order valence-corrected chi connectivity index (χ2v) is 6.82. The first-order valence-corrected chi connectivity index (χ1v) is 8.47. The Morgan fingerprint density at radius 1 is 1.08 bits per heavy atom. The van der Waals surface area contributed by atoms with Gasteiger partial charge in [0.1, 0.15) is 6.54 Å². The standard InChI is InChI=1S/C17H11Cl3N2O4/c1-8-10(19)3-5-13-15(8)16(25)21(7-14(23)24)17(26)22(13)12-4-2-9(18)6-11(12)20/h2-6H,7H2,1H3,(H,23,24). The quantitative estimate of drug-likeness (QED) is 0.712. The molecular formula is C17H11Cl3N2O4. The zero-order valence-corrected chi connectivity index (χ0v) is 15.6. The van der Waals surface area contributed by atoms with Crippen LogP contribution < -0.4 is 11.2 Å². The number of hydrogen-bond donors (Lipinski definition) is 1. The first-order valence-electron chi connectivity index (χ1n) is 7.34. The van der Waals surface area contributed by atoms with Gasteiger partial charge in [0, 0.05) is 10.0 Å². The maximum atomic E-state index is 12.9. The second-order valence-electron chi connectivity index (χ2n) is 5.57. The van der Waals surface area contributed by atoms with Gasteiger partial charge in [-0.2, -0.15) is 0 Å². The number of benzene rings is 2. The van der Waals surface area contributed by atoms with Crippen molar-refractivity contribution in [2.24, 2.45) is 0 Å². The van der Waals surface area contributed by atoms with Gasteiger partial charge in [-0.05, 0) is 42.8 Å². The highest BCUT2D eigenvalue weighted by Gasteiger charge is 2.20. The molecule has 1 heterocycles. The minimum Gasteiger partial charge on any atom is -0.480 e. The molecule has 0 saturated heterocycles. The first kappa shape index (κ1) is 18.5. The van der Waals surface area contributed by atoms with E-state index in [1.54, 1.807) is 13.0 Å². The maximum Gasteiger partial charge on any atom is 0.336 e. The van der Waals surface area contributed by atoms with E-state index in [0.717, 1.165) is 0 Å². The molecule has 0 aliphatic rings. The highest BCUT2D eigenvalue weighted by molar-refractivity contribution is 6.36. The predicted octanol–water partition coefficient (Wildman–Crippen LogP) is 3.51. The van der Waals surface area contributed by atoms with E-state index in [1.807, 2.05) is 0 Å². The van der Waals surface area contributed by atoms with Crippen LogP contribution in [0.5, 0.6) is 0 Å². The third-order valence-corrected chi connectivity index (χ3v) is 4.89. The second kappa shape index (κ2) is 6.79. The Balaban J connectivity index is 2.57. The molecule has 134 valence electrons. The van der Waals surface area contributed by atoms with Crippen molar-refractivity contribution in [3.8, 4) is 5.69 Å². The van der Waals surface area contributed by atoms with Crippen molar-refractivity contribution in [2.45, 2.75) is 13.5 Å². The Bertz CT molecular complexity index is 1180. The van der Waals surface area contributed by atoms with Gasteiger partial charge < -0.3 is 5.11 Å². The Kier molecular flexibility index (Phi) is 4.84. The molecule has 0 unspecified atom stereocenters. The number of carbonyl (C=O) groups is 1. The molecule has 0 spiro atoms. The minimum atomic E-state index is -1.32. The van der Waals surface area contributed by atoms with Crippen LogP contribution in [0.1, 0.15) is 5.56 Å². The lowest BCUT2D eigenvalue weighted by Gasteiger charge is -2.16. The summed E-state index contributed by atoms with van der Waals surface area (Å²) in [7, 11) is 0. The van der Waals surface area contributed by atoms with E-state index in [1.165, 1.54) is 28.8 Å². The fourth-order valence-corrected chi connectivity index (χ4v) is 3.39. The number of rotatable bonds is 3. The molecular weight excluding hydrogens is 403 g/mol. The van der Waals surface area contributed by atoms with Gasteiger partial charge in [-0.15, -0.1) is 0 Å². The molecule has 0 bridgehead atoms. The molecule has 26 heavy (non-hydrogen) atoms. The molecule has 0 aliphatic carbocycles. The fraction of sp³-hybridized carbons (Fsp3) is 0.118. The van der Waals surface area contributed by atoms with Crippen LogP contribution in [0.15, 0.2) is 39.9 Å². The molecule has 0 aliphatic heterocycles. The molecule has 0 saturated carbocycles. The van der Waals surface area contributed by atoms with Crippen molar-refractivity contribution in [1.29, 1.82) is 0 Å². The number of aliphatic carboxylic acids is 1. The average molecular weight is 414 g/mol. The van der Waals surface area contributed by atoms with Crippen molar-refractivity contribution in [2.75, 3.05) is 0 Å². The Morgan fingerprint density at radius 2 is 1.77 bits per heavy atom. The molecule has 3 rings (SSSR count). The first-order chi connectivity index (χ1) is 12.2. The normalized spacial score (nSPS) is 11.1. The van der Waals surface area contributed by atoms with E-state index in [4.69, 9.17) is 39.9 Å². The highest BCUT2D eigenvalue weighted by Crippen LogP contribution is 2.28. The van der Waals surface area contributed by atoms with Crippen molar-refractivity contribution in [1.82, 2.24) is 9.13 Å². The number of fused-ring (bicyclic) bond motifs is 1.